The van der Waals surface area contributed by atoms with Crippen molar-refractivity contribution in [3.63, 3.8) is 0 Å². The summed E-state index contributed by atoms with van der Waals surface area (Å²) < 4.78 is 11.5. The molecule has 54 heavy (non-hydrogen) atoms. The first-order valence-electron chi connectivity index (χ1n) is 19.6. The van der Waals surface area contributed by atoms with Gasteiger partial charge in [0.2, 0.25) is 0 Å². The molecule has 0 spiro atoms. The Labute approximate surface area is 319 Å². The molecule has 0 atom stereocenters. The average Bonchev–Trinajstić information content (AvgIpc) is 3.79. The van der Waals surface area contributed by atoms with Crippen LogP contribution < -0.4 is 14.5 Å². The van der Waals surface area contributed by atoms with Crippen LogP contribution in [0.5, 0.6) is 11.5 Å². The lowest BCUT2D eigenvalue weighted by Crippen LogP contribution is -2.42. The number of anilines is 3. The molecule has 3 aromatic heterocycles. The fraction of sp³-hybridized carbons (Fsp3) is 0.362. The fourth-order valence-electron chi connectivity index (χ4n) is 8.35. The number of ether oxygens (including phenoxy) is 1. The quantitative estimate of drug-likeness (QED) is 0.181. The normalized spacial score (nSPS) is 15.1. The molecule has 0 amide bonds. The largest absolute Gasteiger partial charge is 0.457 e. The summed E-state index contributed by atoms with van der Waals surface area (Å²) in [4.78, 5) is 15.0. The second kappa shape index (κ2) is 12.1. The van der Waals surface area contributed by atoms with E-state index >= 15 is 0 Å². The predicted octanol–water partition coefficient (Wildman–Crippen LogP) is 12.0. The summed E-state index contributed by atoms with van der Waals surface area (Å²) >= 11 is 0. The first-order chi connectivity index (χ1) is 25.6. The van der Waals surface area contributed by atoms with Gasteiger partial charge in [-0.05, 0) is 116 Å². The molecule has 0 saturated carbocycles. The SMILES string of the molecule is CC(C)(C)c1ccnc(-n2c3ccc(C(C)(C)C)cc3c3ccc(Oc4cccc(N5CN(C(C)(C)C)c6cc7c(cc65)nc5n7CCCC5)c4)cc32)c1. The van der Waals surface area contributed by atoms with Gasteiger partial charge in [-0.3, -0.25) is 4.57 Å². The zero-order valence-electron chi connectivity index (χ0n) is 33.3. The molecule has 0 fully saturated rings. The van der Waals surface area contributed by atoms with E-state index in [0.29, 0.717) is 0 Å². The lowest BCUT2D eigenvalue weighted by molar-refractivity contribution is 0.483. The van der Waals surface area contributed by atoms with Crippen LogP contribution in [0.3, 0.4) is 0 Å². The van der Waals surface area contributed by atoms with Gasteiger partial charge in [0.1, 0.15) is 23.1 Å². The number of hydrogen-bond donors (Lipinski definition) is 0. The molecular weight excluding hydrogens is 665 g/mol. The van der Waals surface area contributed by atoms with Gasteiger partial charge in [0.25, 0.3) is 0 Å². The van der Waals surface area contributed by atoms with Gasteiger partial charge in [-0.1, -0.05) is 53.7 Å². The molecule has 5 heterocycles. The molecule has 276 valence electrons. The molecule has 7 aromatic rings. The van der Waals surface area contributed by atoms with Crippen molar-refractivity contribution in [2.45, 2.75) is 104 Å². The summed E-state index contributed by atoms with van der Waals surface area (Å²) in [5.41, 5.74) is 10.6. The maximum Gasteiger partial charge on any atom is 0.137 e. The molecule has 0 saturated heterocycles. The highest BCUT2D eigenvalue weighted by atomic mass is 16.5. The van der Waals surface area contributed by atoms with E-state index in [1.165, 1.54) is 57.5 Å². The number of pyridine rings is 1. The Kier molecular flexibility index (Phi) is 7.73. The van der Waals surface area contributed by atoms with Gasteiger partial charge < -0.3 is 19.1 Å². The average molecular weight is 717 g/mol. The molecule has 4 aromatic carbocycles. The molecule has 2 aliphatic heterocycles. The van der Waals surface area contributed by atoms with Crippen LogP contribution in [0.1, 0.15) is 92.1 Å². The van der Waals surface area contributed by atoms with E-state index in [0.717, 1.165) is 59.2 Å². The van der Waals surface area contributed by atoms with Gasteiger partial charge in [-0.25, -0.2) is 9.97 Å². The van der Waals surface area contributed by atoms with Crippen molar-refractivity contribution < 1.29 is 4.74 Å². The maximum atomic E-state index is 6.75. The molecule has 0 bridgehead atoms. The molecular formula is C47H52N6O. The van der Waals surface area contributed by atoms with Gasteiger partial charge in [-0.15, -0.1) is 0 Å². The lowest BCUT2D eigenvalue weighted by Gasteiger charge is -2.34. The number of fused-ring (bicyclic) bond motifs is 7. The number of rotatable bonds is 4. The zero-order valence-corrected chi connectivity index (χ0v) is 33.3. The summed E-state index contributed by atoms with van der Waals surface area (Å²) in [5.74, 6) is 3.71. The van der Waals surface area contributed by atoms with Gasteiger partial charge in [0.15, 0.2) is 0 Å². The number of imidazole rings is 1. The molecule has 2 aliphatic rings. The number of aromatic nitrogens is 4. The summed E-state index contributed by atoms with van der Waals surface area (Å²) in [7, 11) is 0. The monoisotopic (exact) mass is 716 g/mol. The third kappa shape index (κ3) is 5.80. The summed E-state index contributed by atoms with van der Waals surface area (Å²) in [6, 6.07) is 30.9. The van der Waals surface area contributed by atoms with E-state index in [2.05, 4.69) is 166 Å². The fourth-order valence-corrected chi connectivity index (χ4v) is 8.35. The van der Waals surface area contributed by atoms with Crippen LogP contribution in [0, 0.1) is 0 Å². The van der Waals surface area contributed by atoms with Crippen molar-refractivity contribution in [1.82, 2.24) is 19.1 Å². The summed E-state index contributed by atoms with van der Waals surface area (Å²) in [6.45, 7) is 22.3. The Morgan fingerprint density at radius 2 is 1.43 bits per heavy atom. The van der Waals surface area contributed by atoms with E-state index in [-0.39, 0.29) is 16.4 Å². The summed E-state index contributed by atoms with van der Waals surface area (Å²) in [6.07, 6.45) is 5.42. The number of aryl methyl sites for hydroxylation is 2. The highest BCUT2D eigenvalue weighted by Crippen LogP contribution is 2.47. The molecule has 0 radical (unpaired) electrons. The minimum Gasteiger partial charge on any atom is -0.457 e. The highest BCUT2D eigenvalue weighted by molar-refractivity contribution is 6.10. The maximum absolute atomic E-state index is 6.75. The van der Waals surface area contributed by atoms with Crippen molar-refractivity contribution in [1.29, 1.82) is 0 Å². The molecule has 7 heteroatoms. The Hall–Kier alpha value is -5.30. The minimum atomic E-state index is -0.0567. The van der Waals surface area contributed by atoms with E-state index in [1.54, 1.807) is 0 Å². The second-order valence-corrected chi connectivity index (χ2v) is 18.4. The molecule has 9 rings (SSSR count). The summed E-state index contributed by atoms with van der Waals surface area (Å²) in [5, 5.41) is 2.40. The van der Waals surface area contributed by atoms with Crippen LogP contribution in [0.15, 0.2) is 91.1 Å². The first-order valence-corrected chi connectivity index (χ1v) is 19.6. The Morgan fingerprint density at radius 1 is 0.648 bits per heavy atom. The highest BCUT2D eigenvalue weighted by Gasteiger charge is 2.35. The van der Waals surface area contributed by atoms with Gasteiger partial charge >= 0.3 is 0 Å². The Bertz CT molecular complexity index is 2590. The number of hydrogen-bond acceptors (Lipinski definition) is 5. The predicted molar refractivity (Wildman–Crippen MR) is 224 cm³/mol. The molecule has 0 unspecified atom stereocenters. The van der Waals surface area contributed by atoms with E-state index < -0.39 is 0 Å². The molecule has 0 N–H and O–H groups in total. The minimum absolute atomic E-state index is 0.000997. The van der Waals surface area contributed by atoms with E-state index in [9.17, 15) is 0 Å². The van der Waals surface area contributed by atoms with Crippen molar-refractivity contribution >= 4 is 49.9 Å². The second-order valence-electron chi connectivity index (χ2n) is 18.4. The molecule has 7 nitrogen and oxygen atoms in total. The van der Waals surface area contributed by atoms with E-state index in [1.807, 2.05) is 6.20 Å². The third-order valence-corrected chi connectivity index (χ3v) is 11.4. The Balaban J connectivity index is 1.12. The van der Waals surface area contributed by atoms with Gasteiger partial charge in [0, 0.05) is 53.3 Å². The van der Waals surface area contributed by atoms with E-state index in [4.69, 9.17) is 14.7 Å². The van der Waals surface area contributed by atoms with Gasteiger partial charge in [0.05, 0.1) is 40.1 Å². The lowest BCUT2D eigenvalue weighted by atomic mass is 9.86. The van der Waals surface area contributed by atoms with Crippen molar-refractivity contribution in [3.8, 4) is 17.3 Å². The van der Waals surface area contributed by atoms with Crippen molar-refractivity contribution in [3.05, 3.63) is 108 Å². The topological polar surface area (TPSA) is 51.4 Å². The van der Waals surface area contributed by atoms with Crippen LogP contribution in [-0.4, -0.2) is 31.3 Å². The smallest absolute Gasteiger partial charge is 0.137 e. The van der Waals surface area contributed by atoms with Crippen LogP contribution in [0.25, 0.3) is 38.7 Å². The number of benzene rings is 4. The van der Waals surface area contributed by atoms with Crippen molar-refractivity contribution in [2.24, 2.45) is 0 Å². The van der Waals surface area contributed by atoms with Crippen molar-refractivity contribution in [2.75, 3.05) is 16.5 Å². The number of nitrogens with zero attached hydrogens (tertiary/aromatic N) is 6. The van der Waals surface area contributed by atoms with Crippen LogP contribution in [0.2, 0.25) is 0 Å². The standard InChI is InChI=1S/C47H52N6O/c1-45(2,3)30-16-19-38-36(23-30)35-18-17-34(26-39(35)53(38)44-24-31(20-21-48-44)46(4,5)6)54-33-14-12-13-32(25-33)51-29-52(47(7,8)9)42-28-40-37(27-41(42)51)49-43-15-10-11-22-50(40)43/h12-14,16-21,23-28H,10-11,15,22,29H2,1-9H3. The first kappa shape index (κ1) is 34.5. The van der Waals surface area contributed by atoms with Crippen LogP contribution >= 0.6 is 0 Å². The van der Waals surface area contributed by atoms with Gasteiger partial charge in [-0.2, -0.15) is 0 Å². The van der Waals surface area contributed by atoms with Crippen LogP contribution in [0.4, 0.5) is 17.1 Å². The Morgan fingerprint density at radius 3 is 2.20 bits per heavy atom. The van der Waals surface area contributed by atoms with Crippen LogP contribution in [-0.2, 0) is 23.8 Å². The zero-order chi connectivity index (χ0) is 37.7. The third-order valence-electron chi connectivity index (χ3n) is 11.4. The molecule has 0 aliphatic carbocycles.